The Morgan fingerprint density at radius 1 is 1.08 bits per heavy atom. The van der Waals surface area contributed by atoms with Gasteiger partial charge in [-0.2, -0.15) is 0 Å². The summed E-state index contributed by atoms with van der Waals surface area (Å²) in [5.74, 6) is 0.109. The number of carbonyl (C=O) groups excluding carboxylic acids is 2. The van der Waals surface area contributed by atoms with Crippen LogP contribution in [0.2, 0.25) is 0 Å². The van der Waals surface area contributed by atoms with Crippen molar-refractivity contribution in [1.82, 2.24) is 0 Å². The summed E-state index contributed by atoms with van der Waals surface area (Å²) in [5, 5.41) is 2.30. The Kier molecular flexibility index (Phi) is 5.21. The molecule has 1 aliphatic carbocycles. The molecule has 3 rings (SSSR count). The molecule has 1 aliphatic rings. The number of ketones is 2. The first-order valence-corrected chi connectivity index (χ1v) is 9.04. The van der Waals surface area contributed by atoms with E-state index in [9.17, 15) is 9.59 Å². The van der Waals surface area contributed by atoms with Crippen LogP contribution in [0.15, 0.2) is 47.5 Å². The van der Waals surface area contributed by atoms with Crippen LogP contribution in [0.3, 0.4) is 0 Å². The minimum atomic E-state index is -0.663. The highest BCUT2D eigenvalue weighted by molar-refractivity contribution is 6.21. The zero-order chi connectivity index (χ0) is 18.7. The van der Waals surface area contributed by atoms with Crippen molar-refractivity contribution in [2.24, 2.45) is 16.3 Å². The molecule has 0 unspecified atom stereocenters. The second kappa shape index (κ2) is 7.40. The molecule has 0 spiro atoms. The first-order chi connectivity index (χ1) is 12.4. The monoisotopic (exact) mass is 351 g/mol. The van der Waals surface area contributed by atoms with Crippen molar-refractivity contribution >= 4 is 28.1 Å². The molecule has 2 aromatic carbocycles. The summed E-state index contributed by atoms with van der Waals surface area (Å²) in [6.45, 7) is 6.54. The van der Waals surface area contributed by atoms with Crippen molar-refractivity contribution in [3.63, 3.8) is 0 Å². The second-order valence-corrected chi connectivity index (χ2v) is 7.76. The van der Waals surface area contributed by atoms with E-state index in [-0.39, 0.29) is 17.0 Å². The number of ether oxygens (including phenoxy) is 1. The number of carbonyl (C=O) groups is 2. The minimum absolute atomic E-state index is 0.0112. The van der Waals surface area contributed by atoms with E-state index in [0.29, 0.717) is 31.7 Å². The molecule has 1 saturated carbocycles. The highest BCUT2D eigenvalue weighted by Gasteiger charge is 2.40. The maximum absolute atomic E-state index is 12.3. The fourth-order valence-corrected chi connectivity index (χ4v) is 3.59. The van der Waals surface area contributed by atoms with E-state index in [1.807, 2.05) is 50.2 Å². The quantitative estimate of drug-likeness (QED) is 0.460. The van der Waals surface area contributed by atoms with Crippen LogP contribution in [0.25, 0.3) is 10.8 Å². The van der Waals surface area contributed by atoms with Crippen LogP contribution in [0, 0.1) is 11.3 Å². The zero-order valence-electron chi connectivity index (χ0n) is 15.6. The second-order valence-electron chi connectivity index (χ2n) is 7.76. The lowest BCUT2D eigenvalue weighted by atomic mass is 9.70. The number of hydrogen-bond acceptors (Lipinski definition) is 4. The lowest BCUT2D eigenvalue weighted by molar-refractivity contribution is -0.136. The van der Waals surface area contributed by atoms with E-state index in [1.165, 1.54) is 5.39 Å². The molecule has 4 nitrogen and oxygen atoms in total. The van der Waals surface area contributed by atoms with Gasteiger partial charge in [-0.15, -0.1) is 0 Å². The fourth-order valence-electron chi connectivity index (χ4n) is 3.59. The predicted molar refractivity (Wildman–Crippen MR) is 104 cm³/mol. The van der Waals surface area contributed by atoms with Gasteiger partial charge in [0.15, 0.2) is 0 Å². The molecular weight excluding hydrogens is 326 g/mol. The van der Waals surface area contributed by atoms with Gasteiger partial charge in [-0.3, -0.25) is 14.6 Å². The van der Waals surface area contributed by atoms with Crippen LogP contribution in [0.5, 0.6) is 5.75 Å². The van der Waals surface area contributed by atoms with Crippen molar-refractivity contribution in [2.75, 3.05) is 13.2 Å². The van der Waals surface area contributed by atoms with Gasteiger partial charge < -0.3 is 4.74 Å². The molecule has 0 saturated heterocycles. The zero-order valence-corrected chi connectivity index (χ0v) is 15.6. The standard InChI is InChI=1S/C22H25NO3/c1-15(21-19(24)13-22(2,3)14-20(21)25)23-10-11-26-18-9-8-16-6-4-5-7-17(16)12-18/h4-9,12,21H,10-11,13-14H2,1-3H3. The number of fused-ring (bicyclic) bond motifs is 1. The van der Waals surface area contributed by atoms with E-state index in [4.69, 9.17) is 4.74 Å². The number of nitrogens with zero attached hydrogens (tertiary/aromatic N) is 1. The molecule has 0 aromatic heterocycles. The van der Waals surface area contributed by atoms with Gasteiger partial charge in [0, 0.05) is 18.6 Å². The van der Waals surface area contributed by atoms with Crippen molar-refractivity contribution in [3.05, 3.63) is 42.5 Å². The van der Waals surface area contributed by atoms with Gasteiger partial charge in [0.05, 0.1) is 6.54 Å². The van der Waals surface area contributed by atoms with E-state index < -0.39 is 5.92 Å². The SMILES string of the molecule is CC(=NCCOc1ccc2ccccc2c1)C1C(=O)CC(C)(C)CC1=O. The van der Waals surface area contributed by atoms with E-state index in [1.54, 1.807) is 6.92 Å². The number of Topliss-reactive ketones (excluding diaryl/α,β-unsaturated/α-hetero) is 2. The molecule has 0 amide bonds. The van der Waals surface area contributed by atoms with Crippen LogP contribution in [0.1, 0.15) is 33.6 Å². The van der Waals surface area contributed by atoms with Crippen LogP contribution >= 0.6 is 0 Å². The number of aliphatic imine (C=N–C) groups is 1. The highest BCUT2D eigenvalue weighted by atomic mass is 16.5. The third-order valence-corrected chi connectivity index (χ3v) is 4.81. The van der Waals surface area contributed by atoms with Gasteiger partial charge in [0.2, 0.25) is 0 Å². The van der Waals surface area contributed by atoms with Gasteiger partial charge in [0.1, 0.15) is 29.8 Å². The summed E-state index contributed by atoms with van der Waals surface area (Å²) in [4.78, 5) is 29.0. The molecule has 0 heterocycles. The Morgan fingerprint density at radius 3 is 2.42 bits per heavy atom. The Balaban J connectivity index is 1.57. The summed E-state index contributed by atoms with van der Waals surface area (Å²) in [6.07, 6.45) is 0.869. The molecule has 26 heavy (non-hydrogen) atoms. The average molecular weight is 351 g/mol. The van der Waals surface area contributed by atoms with E-state index >= 15 is 0 Å². The highest BCUT2D eigenvalue weighted by Crippen LogP contribution is 2.34. The Bertz CT molecular complexity index is 847. The number of rotatable bonds is 5. The third-order valence-electron chi connectivity index (χ3n) is 4.81. The van der Waals surface area contributed by atoms with Crippen molar-refractivity contribution in [3.8, 4) is 5.75 Å². The molecule has 0 bridgehead atoms. The minimum Gasteiger partial charge on any atom is -0.492 e. The van der Waals surface area contributed by atoms with Crippen molar-refractivity contribution in [1.29, 1.82) is 0 Å². The molecule has 136 valence electrons. The topological polar surface area (TPSA) is 55.7 Å². The molecule has 0 atom stereocenters. The van der Waals surface area contributed by atoms with Crippen molar-refractivity contribution < 1.29 is 14.3 Å². The third kappa shape index (κ3) is 4.18. The molecule has 0 aliphatic heterocycles. The number of hydrogen-bond donors (Lipinski definition) is 0. The molecule has 2 aromatic rings. The first-order valence-electron chi connectivity index (χ1n) is 9.04. The smallest absolute Gasteiger partial charge is 0.149 e. The van der Waals surface area contributed by atoms with Gasteiger partial charge in [-0.1, -0.05) is 44.2 Å². The first kappa shape index (κ1) is 18.3. The Morgan fingerprint density at radius 2 is 1.73 bits per heavy atom. The molecule has 0 N–H and O–H groups in total. The van der Waals surface area contributed by atoms with Crippen LogP contribution < -0.4 is 4.74 Å². The van der Waals surface area contributed by atoms with Gasteiger partial charge in [-0.05, 0) is 35.2 Å². The fraction of sp³-hybridized carbons (Fsp3) is 0.409. The Hall–Kier alpha value is -2.49. The van der Waals surface area contributed by atoms with Crippen LogP contribution in [-0.2, 0) is 9.59 Å². The summed E-state index contributed by atoms with van der Waals surface area (Å²) in [7, 11) is 0. The largest absolute Gasteiger partial charge is 0.492 e. The molecule has 1 fully saturated rings. The maximum Gasteiger partial charge on any atom is 0.149 e. The molecule has 0 radical (unpaired) electrons. The summed E-state index contributed by atoms with van der Waals surface area (Å²) >= 11 is 0. The van der Waals surface area contributed by atoms with Gasteiger partial charge in [0.25, 0.3) is 0 Å². The van der Waals surface area contributed by atoms with Crippen LogP contribution in [-0.4, -0.2) is 30.4 Å². The lowest BCUT2D eigenvalue weighted by Gasteiger charge is -2.31. The Labute approximate surface area is 154 Å². The molecular formula is C22H25NO3. The summed E-state index contributed by atoms with van der Waals surface area (Å²) in [5.41, 5.74) is 0.377. The average Bonchev–Trinajstić information content (AvgIpc) is 2.57. The summed E-state index contributed by atoms with van der Waals surface area (Å²) < 4.78 is 5.76. The van der Waals surface area contributed by atoms with Crippen molar-refractivity contribution in [2.45, 2.75) is 33.6 Å². The maximum atomic E-state index is 12.3. The predicted octanol–water partition coefficient (Wildman–Crippen LogP) is 4.25. The van der Waals surface area contributed by atoms with E-state index in [0.717, 1.165) is 11.1 Å². The van der Waals surface area contributed by atoms with E-state index in [2.05, 4.69) is 11.1 Å². The van der Waals surface area contributed by atoms with Gasteiger partial charge >= 0.3 is 0 Å². The number of benzene rings is 2. The lowest BCUT2D eigenvalue weighted by Crippen LogP contribution is -2.41. The van der Waals surface area contributed by atoms with Gasteiger partial charge in [-0.25, -0.2) is 0 Å². The molecule has 4 heteroatoms. The van der Waals surface area contributed by atoms with Crippen LogP contribution in [0.4, 0.5) is 0 Å². The summed E-state index contributed by atoms with van der Waals surface area (Å²) in [6, 6.07) is 14.1. The normalized spacial score (nSPS) is 18.3.